The first-order chi connectivity index (χ1) is 8.34. The smallest absolute Gasteiger partial charge is 0.281 e. The maximum absolute atomic E-state index is 11.9. The molecule has 18 heavy (non-hydrogen) atoms. The molecule has 2 unspecified atom stereocenters. The van der Waals surface area contributed by atoms with Crippen LogP contribution in [0.25, 0.3) is 0 Å². The van der Waals surface area contributed by atoms with E-state index in [1.165, 1.54) is 22.7 Å². The Morgan fingerprint density at radius 3 is 2.11 bits per heavy atom. The number of carbonyl (C=O) groups excluding carboxylic acids is 1. The Morgan fingerprint density at radius 2 is 1.72 bits per heavy atom. The van der Waals surface area contributed by atoms with Gasteiger partial charge in [0.05, 0.1) is 5.92 Å². The van der Waals surface area contributed by atoms with E-state index >= 15 is 0 Å². The predicted octanol–water partition coefficient (Wildman–Crippen LogP) is -1.72. The van der Waals surface area contributed by atoms with E-state index in [9.17, 15) is 13.2 Å². The Hall–Kier alpha value is -0.700. The van der Waals surface area contributed by atoms with Crippen LogP contribution in [0.2, 0.25) is 0 Å². The first-order valence-corrected chi connectivity index (χ1v) is 7.45. The van der Waals surface area contributed by atoms with Gasteiger partial charge in [-0.2, -0.15) is 17.0 Å². The Labute approximate surface area is 108 Å². The molecule has 2 N–H and O–H groups in total. The lowest BCUT2D eigenvalue weighted by atomic mass is 10.3. The van der Waals surface area contributed by atoms with Crippen LogP contribution in [-0.2, 0) is 15.0 Å². The zero-order chi connectivity index (χ0) is 13.5. The minimum absolute atomic E-state index is 0.000961. The summed E-state index contributed by atoms with van der Waals surface area (Å²) >= 11 is 0. The normalized spacial score (nSPS) is 29.7. The molecule has 8 heteroatoms. The standard InChI is InChI=1S/C10H20N4O3S/c1-12(2)18(16,17)14-5-3-13(4-6-14)10(15)8-7-9(8)11/h8-9H,3-7,11H2,1-2H3. The lowest BCUT2D eigenvalue weighted by molar-refractivity contribution is -0.133. The van der Waals surface area contributed by atoms with Gasteiger partial charge in [-0.25, -0.2) is 0 Å². The summed E-state index contributed by atoms with van der Waals surface area (Å²) < 4.78 is 26.4. The first kappa shape index (κ1) is 13.7. The van der Waals surface area contributed by atoms with Crippen molar-refractivity contribution in [3.8, 4) is 0 Å². The van der Waals surface area contributed by atoms with Gasteiger partial charge in [0, 0.05) is 46.3 Å². The molecule has 2 rings (SSSR count). The Bertz CT molecular complexity index is 428. The number of nitrogens with zero attached hydrogens (tertiary/aromatic N) is 3. The summed E-state index contributed by atoms with van der Waals surface area (Å²) in [6.45, 7) is 1.62. The van der Waals surface area contributed by atoms with Gasteiger partial charge in [-0.3, -0.25) is 4.79 Å². The minimum atomic E-state index is -3.36. The third-order valence-corrected chi connectivity index (χ3v) is 5.44. The second kappa shape index (κ2) is 4.76. The van der Waals surface area contributed by atoms with Crippen molar-refractivity contribution >= 4 is 16.1 Å². The van der Waals surface area contributed by atoms with Crippen LogP contribution in [0.4, 0.5) is 0 Å². The van der Waals surface area contributed by atoms with Crippen LogP contribution in [0, 0.1) is 5.92 Å². The molecule has 0 radical (unpaired) electrons. The summed E-state index contributed by atoms with van der Waals surface area (Å²) in [5.41, 5.74) is 5.65. The highest BCUT2D eigenvalue weighted by Gasteiger charge is 2.43. The number of rotatable bonds is 3. The number of amides is 1. The van der Waals surface area contributed by atoms with Crippen molar-refractivity contribution in [1.82, 2.24) is 13.5 Å². The Morgan fingerprint density at radius 1 is 1.22 bits per heavy atom. The average molecular weight is 276 g/mol. The molecule has 1 aliphatic heterocycles. The average Bonchev–Trinajstić information content (AvgIpc) is 3.05. The molecule has 1 heterocycles. The van der Waals surface area contributed by atoms with Crippen LogP contribution >= 0.6 is 0 Å². The highest BCUT2D eigenvalue weighted by Crippen LogP contribution is 2.30. The lowest BCUT2D eigenvalue weighted by Crippen LogP contribution is -2.53. The van der Waals surface area contributed by atoms with E-state index in [2.05, 4.69) is 0 Å². The molecule has 2 fully saturated rings. The first-order valence-electron chi connectivity index (χ1n) is 6.06. The Kier molecular flexibility index (Phi) is 3.63. The third kappa shape index (κ3) is 2.51. The number of hydrogen-bond acceptors (Lipinski definition) is 4. The number of carbonyl (C=O) groups is 1. The van der Waals surface area contributed by atoms with Crippen molar-refractivity contribution in [2.24, 2.45) is 11.7 Å². The van der Waals surface area contributed by atoms with Gasteiger partial charge in [0.1, 0.15) is 0 Å². The van der Waals surface area contributed by atoms with Crippen molar-refractivity contribution in [2.75, 3.05) is 40.3 Å². The van der Waals surface area contributed by atoms with E-state index in [-0.39, 0.29) is 17.9 Å². The SMILES string of the molecule is CN(C)S(=O)(=O)N1CCN(C(=O)C2CC2N)CC1. The van der Waals surface area contributed by atoms with E-state index < -0.39 is 10.2 Å². The number of hydrogen-bond donors (Lipinski definition) is 1. The van der Waals surface area contributed by atoms with E-state index in [4.69, 9.17) is 5.73 Å². The fourth-order valence-electron chi connectivity index (χ4n) is 2.10. The number of nitrogens with two attached hydrogens (primary N) is 1. The Balaban J connectivity index is 1.90. The molecule has 1 saturated carbocycles. The lowest BCUT2D eigenvalue weighted by Gasteiger charge is -2.35. The fraction of sp³-hybridized carbons (Fsp3) is 0.900. The van der Waals surface area contributed by atoms with E-state index in [1.807, 2.05) is 0 Å². The molecule has 2 aliphatic rings. The highest BCUT2D eigenvalue weighted by atomic mass is 32.2. The number of piperazine rings is 1. The van der Waals surface area contributed by atoms with Crippen molar-refractivity contribution in [1.29, 1.82) is 0 Å². The van der Waals surface area contributed by atoms with Crippen molar-refractivity contribution in [2.45, 2.75) is 12.5 Å². The molecular formula is C10H20N4O3S. The van der Waals surface area contributed by atoms with Gasteiger partial charge < -0.3 is 10.6 Å². The quantitative estimate of drug-likeness (QED) is 0.664. The molecule has 1 amide bonds. The van der Waals surface area contributed by atoms with Crippen LogP contribution in [0.5, 0.6) is 0 Å². The largest absolute Gasteiger partial charge is 0.340 e. The molecule has 104 valence electrons. The van der Waals surface area contributed by atoms with Crippen molar-refractivity contribution < 1.29 is 13.2 Å². The minimum Gasteiger partial charge on any atom is -0.340 e. The third-order valence-electron chi connectivity index (χ3n) is 3.50. The van der Waals surface area contributed by atoms with Crippen molar-refractivity contribution in [3.63, 3.8) is 0 Å². The second-order valence-electron chi connectivity index (χ2n) is 5.02. The molecule has 0 aromatic heterocycles. The molecule has 0 bridgehead atoms. The summed E-state index contributed by atoms with van der Waals surface area (Å²) in [5, 5.41) is 0. The molecule has 0 spiro atoms. The maximum Gasteiger partial charge on any atom is 0.281 e. The van der Waals surface area contributed by atoms with E-state index in [0.29, 0.717) is 26.2 Å². The van der Waals surface area contributed by atoms with Crippen LogP contribution in [0.15, 0.2) is 0 Å². The fourth-order valence-corrected chi connectivity index (χ4v) is 3.19. The van der Waals surface area contributed by atoms with E-state index in [0.717, 1.165) is 6.42 Å². The molecule has 0 aromatic rings. The molecule has 1 saturated heterocycles. The monoisotopic (exact) mass is 276 g/mol. The summed E-state index contributed by atoms with van der Waals surface area (Å²) in [6, 6.07) is 0.000961. The van der Waals surface area contributed by atoms with Gasteiger partial charge in [0.2, 0.25) is 5.91 Å². The predicted molar refractivity (Wildman–Crippen MR) is 66.8 cm³/mol. The summed E-state index contributed by atoms with van der Waals surface area (Å²) in [6.07, 6.45) is 0.759. The van der Waals surface area contributed by atoms with Crippen molar-refractivity contribution in [3.05, 3.63) is 0 Å². The van der Waals surface area contributed by atoms with Gasteiger partial charge in [0.25, 0.3) is 10.2 Å². The summed E-state index contributed by atoms with van der Waals surface area (Å²) in [7, 11) is -0.340. The van der Waals surface area contributed by atoms with Crippen LogP contribution in [0.1, 0.15) is 6.42 Å². The zero-order valence-corrected chi connectivity index (χ0v) is 11.6. The zero-order valence-electron chi connectivity index (χ0n) is 10.7. The van der Waals surface area contributed by atoms with Gasteiger partial charge in [-0.15, -0.1) is 0 Å². The van der Waals surface area contributed by atoms with Gasteiger partial charge >= 0.3 is 0 Å². The summed E-state index contributed by atoms with van der Waals surface area (Å²) in [4.78, 5) is 13.6. The molecule has 0 aromatic carbocycles. The van der Waals surface area contributed by atoms with Crippen LogP contribution < -0.4 is 5.73 Å². The van der Waals surface area contributed by atoms with Gasteiger partial charge in [0.15, 0.2) is 0 Å². The molecular weight excluding hydrogens is 256 g/mol. The van der Waals surface area contributed by atoms with Gasteiger partial charge in [-0.05, 0) is 6.42 Å². The van der Waals surface area contributed by atoms with Crippen LogP contribution in [-0.4, -0.2) is 74.2 Å². The maximum atomic E-state index is 11.9. The van der Waals surface area contributed by atoms with Gasteiger partial charge in [-0.1, -0.05) is 0 Å². The van der Waals surface area contributed by atoms with E-state index in [1.54, 1.807) is 4.90 Å². The van der Waals surface area contributed by atoms with Crippen LogP contribution in [0.3, 0.4) is 0 Å². The highest BCUT2D eigenvalue weighted by molar-refractivity contribution is 7.86. The topological polar surface area (TPSA) is 87.0 Å². The summed E-state index contributed by atoms with van der Waals surface area (Å²) in [5.74, 6) is 0.0337. The molecule has 2 atom stereocenters. The second-order valence-corrected chi connectivity index (χ2v) is 7.16. The molecule has 7 nitrogen and oxygen atoms in total. The molecule has 1 aliphatic carbocycles.